The zero-order chi connectivity index (χ0) is 24.8. The Bertz CT molecular complexity index is 1170. The molecule has 0 radical (unpaired) electrons. The molecule has 1 aromatic rings. The minimum Gasteiger partial charge on any atom is -0.378 e. The van der Waals surface area contributed by atoms with E-state index < -0.39 is 58.6 Å². The van der Waals surface area contributed by atoms with Gasteiger partial charge in [-0.15, -0.1) is 0 Å². The fourth-order valence-electron chi connectivity index (χ4n) is 3.93. The van der Waals surface area contributed by atoms with Crippen LogP contribution in [-0.2, 0) is 9.68 Å². The van der Waals surface area contributed by atoms with E-state index in [-0.39, 0.29) is 5.71 Å². The maximum atomic E-state index is 14.2. The van der Waals surface area contributed by atoms with Gasteiger partial charge in [-0.25, -0.2) is 4.39 Å². The fourth-order valence-corrected chi connectivity index (χ4v) is 4.89. The number of oxime groups is 2. The molecule has 0 aromatic heterocycles. The van der Waals surface area contributed by atoms with E-state index in [0.29, 0.717) is 27.7 Å². The molecule has 0 saturated heterocycles. The number of alkyl halides is 3. The molecule has 182 valence electrons. The van der Waals surface area contributed by atoms with Crippen LogP contribution in [0.1, 0.15) is 40.7 Å². The topological polar surface area (TPSA) is 72.3 Å². The molecule has 0 saturated carbocycles. The zero-order valence-electron chi connectivity index (χ0n) is 17.4. The number of hydrogen-bond acceptors (Lipinski definition) is 5. The predicted octanol–water partition coefficient (Wildman–Crippen LogP) is 6.17. The van der Waals surface area contributed by atoms with E-state index in [1.165, 1.54) is 12.1 Å². The molecule has 2 aliphatic heterocycles. The van der Waals surface area contributed by atoms with Gasteiger partial charge in [0.1, 0.15) is 4.62 Å². The second kappa shape index (κ2) is 9.16. The number of aryl methyl sites for hydroxylation is 1. The van der Waals surface area contributed by atoms with Crippen LogP contribution in [0.5, 0.6) is 0 Å². The minimum atomic E-state index is -4.85. The van der Waals surface area contributed by atoms with Crippen LogP contribution in [0.4, 0.5) is 17.6 Å². The monoisotopic (exact) mass is 583 g/mol. The summed E-state index contributed by atoms with van der Waals surface area (Å²) in [5.41, 5.74) is -1.57. The zero-order valence-corrected chi connectivity index (χ0v) is 20.4. The van der Waals surface area contributed by atoms with Crippen LogP contribution in [0.25, 0.3) is 0 Å². The first-order chi connectivity index (χ1) is 15.9. The van der Waals surface area contributed by atoms with E-state index in [9.17, 15) is 22.4 Å². The van der Waals surface area contributed by atoms with Crippen molar-refractivity contribution >= 4 is 55.4 Å². The Morgan fingerprint density at radius 3 is 2.59 bits per heavy atom. The Morgan fingerprint density at radius 1 is 1.26 bits per heavy atom. The number of carbonyl (C=O) groups is 1. The summed E-state index contributed by atoms with van der Waals surface area (Å²) >= 11 is 14.7. The van der Waals surface area contributed by atoms with E-state index in [4.69, 9.17) is 32.9 Å². The molecule has 4 rings (SSSR count). The van der Waals surface area contributed by atoms with Gasteiger partial charge < -0.3 is 15.0 Å². The van der Waals surface area contributed by atoms with E-state index in [2.05, 4.69) is 31.6 Å². The third kappa shape index (κ3) is 4.57. The number of halogens is 7. The summed E-state index contributed by atoms with van der Waals surface area (Å²) < 4.78 is 57.0. The highest BCUT2D eigenvalue weighted by atomic mass is 79.9. The molecule has 1 amide bonds. The Morgan fingerprint density at radius 2 is 2.00 bits per heavy atom. The van der Waals surface area contributed by atoms with Gasteiger partial charge in [-0.05, 0) is 52.5 Å². The van der Waals surface area contributed by atoms with Crippen LogP contribution < -0.4 is 5.32 Å². The van der Waals surface area contributed by atoms with Crippen molar-refractivity contribution in [1.29, 1.82) is 0 Å². The molecule has 1 aromatic carbocycles. The Labute approximate surface area is 209 Å². The molecule has 3 aliphatic rings. The number of nitrogens with one attached hydrogen (secondary N) is 1. The van der Waals surface area contributed by atoms with Gasteiger partial charge in [0.15, 0.2) is 5.83 Å². The summed E-state index contributed by atoms with van der Waals surface area (Å²) in [7, 11) is 0. The van der Waals surface area contributed by atoms with Crippen LogP contribution in [0.15, 0.2) is 50.5 Å². The average molecular weight is 585 g/mol. The molecule has 0 bridgehead atoms. The Kier molecular flexibility index (Phi) is 6.73. The average Bonchev–Trinajstić information content (AvgIpc) is 3.38. The summed E-state index contributed by atoms with van der Waals surface area (Å²) in [6.45, 7) is 1.64. The number of hydrogen-bond donors (Lipinski definition) is 1. The van der Waals surface area contributed by atoms with Crippen molar-refractivity contribution in [2.45, 2.75) is 44.2 Å². The second-order valence-corrected chi connectivity index (χ2v) is 9.79. The molecular weight excluding hydrogens is 569 g/mol. The van der Waals surface area contributed by atoms with Crippen LogP contribution in [0, 0.1) is 12.8 Å². The van der Waals surface area contributed by atoms with Crippen molar-refractivity contribution in [3.05, 3.63) is 56.9 Å². The standard InChI is InChI=1S/C21H16BrCl2F4N3O3/c1-9-4-10(2-3-12(9)19(32)29-17-7-16(22)31-33-17)15-8-20(34-30-15,21(26,27)28)11-5-13(23)18(25)14(24)6-11/h2-5,11,17H,6-8H2,1H3,(H,29,32)/t11?,17-,20+/m1/s1. The fraction of sp³-hybridized carbons (Fsp3) is 0.381. The Balaban J connectivity index is 1.54. The van der Waals surface area contributed by atoms with Crippen molar-refractivity contribution in [3.8, 4) is 0 Å². The quantitative estimate of drug-likeness (QED) is 0.430. The number of rotatable bonds is 4. The molecule has 13 heteroatoms. The van der Waals surface area contributed by atoms with Gasteiger partial charge in [-0.3, -0.25) is 4.79 Å². The number of nitrogens with zero attached hydrogens (tertiary/aromatic N) is 2. The van der Waals surface area contributed by atoms with Crippen LogP contribution in [0.3, 0.4) is 0 Å². The van der Waals surface area contributed by atoms with Gasteiger partial charge in [0, 0.05) is 17.9 Å². The molecule has 1 aliphatic carbocycles. The molecule has 34 heavy (non-hydrogen) atoms. The highest BCUT2D eigenvalue weighted by Crippen LogP contribution is 2.51. The summed E-state index contributed by atoms with van der Waals surface area (Å²) in [6, 6.07) is 4.50. The first kappa shape index (κ1) is 25.0. The summed E-state index contributed by atoms with van der Waals surface area (Å²) in [5.74, 6) is -2.76. The lowest BCUT2D eigenvalue weighted by molar-refractivity contribution is -0.282. The van der Waals surface area contributed by atoms with Gasteiger partial charge in [0.05, 0.1) is 22.2 Å². The maximum absolute atomic E-state index is 14.2. The molecule has 3 atom stereocenters. The van der Waals surface area contributed by atoms with Crippen molar-refractivity contribution in [2.24, 2.45) is 16.2 Å². The maximum Gasteiger partial charge on any atom is 0.431 e. The van der Waals surface area contributed by atoms with Gasteiger partial charge in [0.25, 0.3) is 5.91 Å². The molecule has 1 N–H and O–H groups in total. The number of allylic oxidation sites excluding steroid dienone is 3. The lowest BCUT2D eigenvalue weighted by atomic mass is 9.78. The first-order valence-corrected chi connectivity index (χ1v) is 11.5. The minimum absolute atomic E-state index is 0.0273. The SMILES string of the molecule is Cc1cc(C2=NO[C@@](C3C=C(Cl)C(F)=C(Cl)C3)(C(F)(F)F)C2)ccc1C(=O)N[C@H]1CC(Br)=NO1. The molecule has 6 nitrogen and oxygen atoms in total. The number of carbonyl (C=O) groups excluding carboxylic acids is 1. The third-order valence-electron chi connectivity index (χ3n) is 5.75. The summed E-state index contributed by atoms with van der Waals surface area (Å²) in [4.78, 5) is 22.6. The van der Waals surface area contributed by atoms with E-state index >= 15 is 0 Å². The highest BCUT2D eigenvalue weighted by Gasteiger charge is 2.65. The second-order valence-electron chi connectivity index (χ2n) is 8.01. The summed E-state index contributed by atoms with van der Waals surface area (Å²) in [6.07, 6.45) is -5.22. The van der Waals surface area contributed by atoms with Crippen molar-refractivity contribution in [3.63, 3.8) is 0 Å². The van der Waals surface area contributed by atoms with Crippen molar-refractivity contribution in [1.82, 2.24) is 5.32 Å². The van der Waals surface area contributed by atoms with Gasteiger partial charge >= 0.3 is 6.18 Å². The van der Waals surface area contributed by atoms with E-state index in [0.717, 1.165) is 6.08 Å². The largest absolute Gasteiger partial charge is 0.431 e. The van der Waals surface area contributed by atoms with Gasteiger partial charge in [-0.1, -0.05) is 45.7 Å². The molecule has 0 spiro atoms. The Hall–Kier alpha value is -2.11. The smallest absolute Gasteiger partial charge is 0.378 e. The molecule has 0 fully saturated rings. The third-order valence-corrected chi connectivity index (χ3v) is 6.83. The van der Waals surface area contributed by atoms with Crippen molar-refractivity contribution < 1.29 is 32.0 Å². The molecule has 2 heterocycles. The van der Waals surface area contributed by atoms with E-state index in [1.807, 2.05) is 0 Å². The van der Waals surface area contributed by atoms with Crippen LogP contribution in [0.2, 0.25) is 0 Å². The molecule has 1 unspecified atom stereocenters. The first-order valence-electron chi connectivity index (χ1n) is 9.95. The van der Waals surface area contributed by atoms with Gasteiger partial charge in [-0.2, -0.15) is 13.2 Å². The number of amides is 1. The van der Waals surface area contributed by atoms with E-state index in [1.54, 1.807) is 13.0 Å². The van der Waals surface area contributed by atoms with Crippen molar-refractivity contribution in [2.75, 3.05) is 0 Å². The highest BCUT2D eigenvalue weighted by molar-refractivity contribution is 9.18. The van der Waals surface area contributed by atoms with Crippen LogP contribution >= 0.6 is 39.1 Å². The lowest BCUT2D eigenvalue weighted by Gasteiger charge is -2.36. The molecular formula is C21H16BrCl2F4N3O3. The lowest BCUT2D eigenvalue weighted by Crippen LogP contribution is -2.51. The van der Waals surface area contributed by atoms with Gasteiger partial charge in [0.2, 0.25) is 11.8 Å². The normalized spacial score (nSPS) is 27.0. The van der Waals surface area contributed by atoms with Crippen LogP contribution in [-0.4, -0.2) is 34.2 Å². The number of benzene rings is 1. The predicted molar refractivity (Wildman–Crippen MR) is 122 cm³/mol. The summed E-state index contributed by atoms with van der Waals surface area (Å²) in [5, 5.41) is 9.15.